The molecule has 0 spiro atoms. The average Bonchev–Trinajstić information content (AvgIpc) is 2.81. The quantitative estimate of drug-likeness (QED) is 0.740. The summed E-state index contributed by atoms with van der Waals surface area (Å²) in [6, 6.07) is 2.44. The zero-order valence-corrected chi connectivity index (χ0v) is 10.9. The summed E-state index contributed by atoms with van der Waals surface area (Å²) in [5.74, 6) is -0.169. The third-order valence-corrected chi connectivity index (χ3v) is 2.78. The van der Waals surface area contributed by atoms with Crippen molar-refractivity contribution in [1.29, 1.82) is 0 Å². The van der Waals surface area contributed by atoms with Crippen LogP contribution in [-0.2, 0) is 16.1 Å². The first-order valence-corrected chi connectivity index (χ1v) is 6.13. The third-order valence-electron chi connectivity index (χ3n) is 2.78. The molecular formula is C13H22N2O2. The van der Waals surface area contributed by atoms with Crippen LogP contribution in [0.2, 0.25) is 0 Å². The summed E-state index contributed by atoms with van der Waals surface area (Å²) in [7, 11) is 1.42. The summed E-state index contributed by atoms with van der Waals surface area (Å²) < 4.78 is 6.64. The first-order chi connectivity index (χ1) is 8.17. The van der Waals surface area contributed by atoms with Crippen LogP contribution in [0.25, 0.3) is 0 Å². The molecule has 0 amide bonds. The van der Waals surface area contributed by atoms with Gasteiger partial charge in [0.05, 0.1) is 13.5 Å². The van der Waals surface area contributed by atoms with Crippen LogP contribution in [0.1, 0.15) is 38.3 Å². The standard InChI is InChI=1S/C13H22N2O2/c1-4-7-14-11(2)12-5-8-15(10-12)9-6-13(16)17-3/h5,8,10-11,14H,4,6-7,9H2,1-3H3. The van der Waals surface area contributed by atoms with Crippen molar-refractivity contribution in [2.75, 3.05) is 13.7 Å². The molecule has 0 saturated carbocycles. The Morgan fingerprint density at radius 1 is 1.59 bits per heavy atom. The van der Waals surface area contributed by atoms with E-state index in [-0.39, 0.29) is 5.97 Å². The van der Waals surface area contributed by atoms with Crippen LogP contribution >= 0.6 is 0 Å². The lowest BCUT2D eigenvalue weighted by Crippen LogP contribution is -2.18. The number of aromatic nitrogens is 1. The number of carbonyl (C=O) groups is 1. The lowest BCUT2D eigenvalue weighted by Gasteiger charge is -2.11. The summed E-state index contributed by atoms with van der Waals surface area (Å²) in [4.78, 5) is 11.0. The van der Waals surface area contributed by atoms with Gasteiger partial charge in [-0.1, -0.05) is 6.92 Å². The second-order valence-electron chi connectivity index (χ2n) is 4.18. The van der Waals surface area contributed by atoms with E-state index in [4.69, 9.17) is 0 Å². The highest BCUT2D eigenvalue weighted by atomic mass is 16.5. The molecule has 17 heavy (non-hydrogen) atoms. The number of nitrogens with one attached hydrogen (secondary N) is 1. The van der Waals surface area contributed by atoms with E-state index in [2.05, 4.69) is 36.2 Å². The van der Waals surface area contributed by atoms with Crippen LogP contribution in [0.4, 0.5) is 0 Å². The van der Waals surface area contributed by atoms with Gasteiger partial charge >= 0.3 is 5.97 Å². The van der Waals surface area contributed by atoms with Crippen molar-refractivity contribution in [3.8, 4) is 0 Å². The smallest absolute Gasteiger partial charge is 0.307 e. The van der Waals surface area contributed by atoms with Crippen LogP contribution in [0.15, 0.2) is 18.5 Å². The number of esters is 1. The Kier molecular flexibility index (Phi) is 5.77. The maximum atomic E-state index is 11.0. The molecule has 4 heteroatoms. The van der Waals surface area contributed by atoms with E-state index in [9.17, 15) is 4.79 Å². The summed E-state index contributed by atoms with van der Waals surface area (Å²) in [5.41, 5.74) is 1.25. The number of hydrogen-bond donors (Lipinski definition) is 1. The fourth-order valence-corrected chi connectivity index (χ4v) is 1.66. The normalized spacial score (nSPS) is 12.4. The first kappa shape index (κ1) is 13.8. The number of nitrogens with zero attached hydrogens (tertiary/aromatic N) is 1. The maximum absolute atomic E-state index is 11.0. The van der Waals surface area contributed by atoms with E-state index >= 15 is 0 Å². The van der Waals surface area contributed by atoms with E-state index in [1.54, 1.807) is 0 Å². The molecular weight excluding hydrogens is 216 g/mol. The van der Waals surface area contributed by atoms with E-state index in [1.165, 1.54) is 12.7 Å². The van der Waals surface area contributed by atoms with Gasteiger partial charge < -0.3 is 14.6 Å². The molecule has 96 valence electrons. The fraction of sp³-hybridized carbons (Fsp3) is 0.615. The highest BCUT2D eigenvalue weighted by molar-refractivity contribution is 5.68. The first-order valence-electron chi connectivity index (χ1n) is 6.13. The Hall–Kier alpha value is -1.29. The van der Waals surface area contributed by atoms with Crippen molar-refractivity contribution in [2.45, 2.75) is 39.3 Å². The van der Waals surface area contributed by atoms with Crippen molar-refractivity contribution < 1.29 is 9.53 Å². The SMILES string of the molecule is CCCNC(C)c1ccn(CCC(=O)OC)c1. The summed E-state index contributed by atoms with van der Waals surface area (Å²) in [6.07, 6.45) is 5.63. The average molecular weight is 238 g/mol. The minimum atomic E-state index is -0.169. The van der Waals surface area contributed by atoms with Crippen molar-refractivity contribution >= 4 is 5.97 Å². The zero-order valence-electron chi connectivity index (χ0n) is 10.9. The van der Waals surface area contributed by atoms with Gasteiger partial charge in [0.2, 0.25) is 0 Å². The predicted molar refractivity (Wildman–Crippen MR) is 67.8 cm³/mol. The molecule has 4 nitrogen and oxygen atoms in total. The zero-order chi connectivity index (χ0) is 12.7. The van der Waals surface area contributed by atoms with Crippen LogP contribution in [0.3, 0.4) is 0 Å². The molecule has 0 saturated heterocycles. The van der Waals surface area contributed by atoms with Crippen molar-refractivity contribution in [3.05, 3.63) is 24.0 Å². The molecule has 0 bridgehead atoms. The molecule has 1 aromatic heterocycles. The van der Waals surface area contributed by atoms with Crippen LogP contribution < -0.4 is 5.32 Å². The van der Waals surface area contributed by atoms with Crippen LogP contribution in [-0.4, -0.2) is 24.2 Å². The highest BCUT2D eigenvalue weighted by Gasteiger charge is 2.06. The van der Waals surface area contributed by atoms with Crippen molar-refractivity contribution in [3.63, 3.8) is 0 Å². The number of aryl methyl sites for hydroxylation is 1. The Morgan fingerprint density at radius 2 is 2.35 bits per heavy atom. The molecule has 1 heterocycles. The van der Waals surface area contributed by atoms with Crippen LogP contribution in [0.5, 0.6) is 0 Å². The van der Waals surface area contributed by atoms with Crippen molar-refractivity contribution in [2.24, 2.45) is 0 Å². The van der Waals surface area contributed by atoms with Gasteiger partial charge in [-0.3, -0.25) is 4.79 Å². The van der Waals surface area contributed by atoms with E-state index < -0.39 is 0 Å². The Morgan fingerprint density at radius 3 is 3.00 bits per heavy atom. The van der Waals surface area contributed by atoms with E-state index in [0.29, 0.717) is 19.0 Å². The van der Waals surface area contributed by atoms with Crippen LogP contribution in [0, 0.1) is 0 Å². The molecule has 0 aromatic carbocycles. The number of methoxy groups -OCH3 is 1. The van der Waals surface area contributed by atoms with Gasteiger partial charge in [-0.2, -0.15) is 0 Å². The highest BCUT2D eigenvalue weighted by Crippen LogP contribution is 2.12. The maximum Gasteiger partial charge on any atom is 0.307 e. The van der Waals surface area contributed by atoms with Gasteiger partial charge in [-0.25, -0.2) is 0 Å². The molecule has 1 rings (SSSR count). The Labute approximate surface area is 103 Å². The van der Waals surface area contributed by atoms with Gasteiger partial charge in [0.15, 0.2) is 0 Å². The number of rotatable bonds is 7. The predicted octanol–water partition coefficient (Wildman–Crippen LogP) is 2.11. The number of carbonyl (C=O) groups excluding carboxylic acids is 1. The largest absolute Gasteiger partial charge is 0.469 e. The molecule has 0 fully saturated rings. The van der Waals surface area contributed by atoms with E-state index in [1.807, 2.05) is 10.8 Å². The van der Waals surface area contributed by atoms with Crippen molar-refractivity contribution in [1.82, 2.24) is 9.88 Å². The Bertz CT molecular complexity index is 347. The minimum absolute atomic E-state index is 0.169. The lowest BCUT2D eigenvalue weighted by atomic mass is 10.2. The second-order valence-corrected chi connectivity index (χ2v) is 4.18. The molecule has 1 atom stereocenters. The third kappa shape index (κ3) is 4.61. The summed E-state index contributed by atoms with van der Waals surface area (Å²) in [6.45, 7) is 6.00. The molecule has 0 radical (unpaired) electrons. The monoisotopic (exact) mass is 238 g/mol. The minimum Gasteiger partial charge on any atom is -0.469 e. The van der Waals surface area contributed by atoms with Gasteiger partial charge in [0, 0.05) is 25.0 Å². The molecule has 0 aliphatic rings. The lowest BCUT2D eigenvalue weighted by molar-refractivity contribution is -0.140. The van der Waals surface area contributed by atoms with E-state index in [0.717, 1.165) is 13.0 Å². The molecule has 1 unspecified atom stereocenters. The van der Waals surface area contributed by atoms with Gasteiger partial charge in [0.1, 0.15) is 0 Å². The summed E-state index contributed by atoms with van der Waals surface area (Å²) in [5, 5.41) is 3.43. The molecule has 1 N–H and O–H groups in total. The number of ether oxygens (including phenoxy) is 1. The molecule has 1 aromatic rings. The fourth-order valence-electron chi connectivity index (χ4n) is 1.66. The van der Waals surface area contributed by atoms with Gasteiger partial charge in [-0.15, -0.1) is 0 Å². The summed E-state index contributed by atoms with van der Waals surface area (Å²) >= 11 is 0. The van der Waals surface area contributed by atoms with Gasteiger partial charge in [0.25, 0.3) is 0 Å². The topological polar surface area (TPSA) is 43.3 Å². The number of hydrogen-bond acceptors (Lipinski definition) is 3. The molecule has 0 aliphatic carbocycles. The van der Waals surface area contributed by atoms with Gasteiger partial charge in [-0.05, 0) is 31.5 Å². The molecule has 0 aliphatic heterocycles. The second kappa shape index (κ2) is 7.12. The Balaban J connectivity index is 2.44.